The molecule has 2 saturated carbocycles. The molecule has 0 aromatic heterocycles. The largest absolute Gasteiger partial charge is 0.493 e. The molecular weight excluding hydrogens is 881 g/mol. The Balaban J connectivity index is 1.09. The van der Waals surface area contributed by atoms with Crippen molar-refractivity contribution in [3.63, 3.8) is 0 Å². The molecule has 8 heteroatoms. The van der Waals surface area contributed by atoms with Crippen LogP contribution >= 0.6 is 0 Å². The second kappa shape index (κ2) is 28.8. The van der Waals surface area contributed by atoms with E-state index in [1.54, 1.807) is 60.7 Å². The van der Waals surface area contributed by atoms with Gasteiger partial charge in [0.05, 0.1) is 13.2 Å². The lowest BCUT2D eigenvalue weighted by Gasteiger charge is -2.42. The fourth-order valence-corrected chi connectivity index (χ4v) is 11.0. The van der Waals surface area contributed by atoms with Crippen molar-refractivity contribution in [1.82, 2.24) is 0 Å². The number of hydrogen-bond donors (Lipinski definition) is 4. The minimum absolute atomic E-state index is 0.0106. The van der Waals surface area contributed by atoms with Crippen molar-refractivity contribution in [2.45, 2.75) is 167 Å². The molecule has 384 valence electrons. The number of ether oxygens (including phenoxy) is 2. The fraction of sp³-hybridized carbons (Fsp3) is 0.524. The Morgan fingerprint density at radius 1 is 0.521 bits per heavy atom. The molecule has 4 aromatic carbocycles. The monoisotopic (exact) mass is 967 g/mol. The molecule has 0 heterocycles. The van der Waals surface area contributed by atoms with Gasteiger partial charge in [0.15, 0.2) is 5.78 Å². The molecule has 8 nitrogen and oxygen atoms in total. The van der Waals surface area contributed by atoms with Crippen LogP contribution in [0.15, 0.2) is 109 Å². The van der Waals surface area contributed by atoms with Gasteiger partial charge in [-0.2, -0.15) is 0 Å². The number of nitrogens with two attached hydrogens (primary N) is 2. The second-order valence-corrected chi connectivity index (χ2v) is 21.4. The standard InChI is InChI=1S/C63H86N2O6/c1-3-5-7-9-11-13-48-15-19-54(20-16-48)46-70-59-38-28-50(29-39-59)27-37-58(66)45-62(43-52-23-33-56(64)34-24-52,44-53-25-35-57(65)36-26-53)63(68,69)61(67)42-32-51-30-40-60(41-31-51)71-47-55-21-17-49(18-22-55)14-12-10-8-6-4-2/h23-42,48-49,54-55,68-69H,3-22,43-47,64-65H2,1-2H3. The van der Waals surface area contributed by atoms with Crippen LogP contribution in [0.1, 0.15) is 171 Å². The molecule has 0 amide bonds. The van der Waals surface area contributed by atoms with E-state index in [1.807, 2.05) is 48.5 Å². The predicted molar refractivity (Wildman–Crippen MR) is 293 cm³/mol. The number of ketones is 2. The van der Waals surface area contributed by atoms with Gasteiger partial charge in [0.2, 0.25) is 11.6 Å². The average molecular weight is 967 g/mol. The highest BCUT2D eigenvalue weighted by molar-refractivity contribution is 6.01. The minimum atomic E-state index is -2.97. The first-order chi connectivity index (χ1) is 34.4. The maximum atomic E-state index is 14.3. The summed E-state index contributed by atoms with van der Waals surface area (Å²) in [6, 6.07) is 29.3. The van der Waals surface area contributed by atoms with Crippen LogP contribution in [0.25, 0.3) is 12.2 Å². The summed E-state index contributed by atoms with van der Waals surface area (Å²) in [4.78, 5) is 28.5. The summed E-state index contributed by atoms with van der Waals surface area (Å²) >= 11 is 0. The first-order valence-electron chi connectivity index (χ1n) is 27.5. The molecule has 0 unspecified atom stereocenters. The summed E-state index contributed by atoms with van der Waals surface area (Å²) in [7, 11) is 0. The smallest absolute Gasteiger partial charge is 0.235 e. The van der Waals surface area contributed by atoms with Crippen LogP contribution in [0.2, 0.25) is 0 Å². The maximum absolute atomic E-state index is 14.3. The molecule has 0 saturated heterocycles. The molecule has 0 aliphatic heterocycles. The van der Waals surface area contributed by atoms with Crippen molar-refractivity contribution in [2.24, 2.45) is 29.1 Å². The Labute approximate surface area is 426 Å². The second-order valence-electron chi connectivity index (χ2n) is 21.4. The SMILES string of the molecule is CCCCCCCC1CCC(COc2ccc(C=CC(=O)CC(Cc3ccc(N)cc3)(Cc3ccc(N)cc3)C(O)(O)C(=O)C=Cc3ccc(OCC4CCC(CCCCCCC)CC4)cc3)cc2)CC1. The van der Waals surface area contributed by atoms with Gasteiger partial charge in [-0.05, 0) is 145 Å². The number of hydrogen-bond acceptors (Lipinski definition) is 8. The molecule has 6 rings (SSSR count). The number of carbonyl (C=O) groups is 2. The quantitative estimate of drug-likeness (QED) is 0.0175. The number of unbranched alkanes of at least 4 members (excludes halogenated alkanes) is 8. The van der Waals surface area contributed by atoms with E-state index in [1.165, 1.54) is 141 Å². The Bertz CT molecular complexity index is 2170. The van der Waals surface area contributed by atoms with Crippen molar-refractivity contribution < 1.29 is 29.3 Å². The van der Waals surface area contributed by atoms with Gasteiger partial charge < -0.3 is 31.2 Å². The number of aliphatic hydroxyl groups is 2. The minimum Gasteiger partial charge on any atom is -0.493 e. The highest BCUT2D eigenvalue weighted by Gasteiger charge is 2.54. The molecule has 0 atom stereocenters. The van der Waals surface area contributed by atoms with Crippen LogP contribution in [0.5, 0.6) is 11.5 Å². The highest BCUT2D eigenvalue weighted by Crippen LogP contribution is 2.43. The number of anilines is 2. The lowest BCUT2D eigenvalue weighted by Crippen LogP contribution is -2.57. The van der Waals surface area contributed by atoms with E-state index in [9.17, 15) is 19.8 Å². The molecule has 0 radical (unpaired) electrons. The van der Waals surface area contributed by atoms with Gasteiger partial charge in [-0.15, -0.1) is 0 Å². The zero-order chi connectivity index (χ0) is 50.3. The van der Waals surface area contributed by atoms with Gasteiger partial charge in [0, 0.05) is 23.2 Å². The number of allylic oxidation sites excluding steroid dienone is 1. The van der Waals surface area contributed by atoms with E-state index in [0.29, 0.717) is 53.1 Å². The Kier molecular flexibility index (Phi) is 22.3. The normalized spacial score (nSPS) is 18.8. The molecular formula is C63H86N2O6. The van der Waals surface area contributed by atoms with Crippen molar-refractivity contribution in [3.05, 3.63) is 131 Å². The summed E-state index contributed by atoms with van der Waals surface area (Å²) in [5, 5.41) is 24.6. The van der Waals surface area contributed by atoms with Gasteiger partial charge >= 0.3 is 0 Å². The third-order valence-electron chi connectivity index (χ3n) is 15.6. The van der Waals surface area contributed by atoms with Crippen molar-refractivity contribution in [2.75, 3.05) is 24.7 Å². The zero-order valence-electron chi connectivity index (χ0n) is 43.2. The third kappa shape index (κ3) is 18.1. The summed E-state index contributed by atoms with van der Waals surface area (Å²) in [6.07, 6.45) is 31.8. The molecule has 0 spiro atoms. The van der Waals surface area contributed by atoms with Gasteiger partial charge in [-0.1, -0.05) is 177 Å². The zero-order valence-corrected chi connectivity index (χ0v) is 43.2. The van der Waals surface area contributed by atoms with Gasteiger partial charge in [0.1, 0.15) is 11.5 Å². The maximum Gasteiger partial charge on any atom is 0.235 e. The van der Waals surface area contributed by atoms with Crippen molar-refractivity contribution in [1.29, 1.82) is 0 Å². The molecule has 6 N–H and O–H groups in total. The molecule has 2 fully saturated rings. The van der Waals surface area contributed by atoms with Crippen LogP contribution in [0, 0.1) is 29.1 Å². The molecule has 0 bridgehead atoms. The van der Waals surface area contributed by atoms with Gasteiger partial charge in [-0.3, -0.25) is 9.59 Å². The predicted octanol–water partition coefficient (Wildman–Crippen LogP) is 14.3. The lowest BCUT2D eigenvalue weighted by atomic mass is 9.65. The first kappa shape index (κ1) is 55.1. The number of benzene rings is 4. The Morgan fingerprint density at radius 2 is 0.901 bits per heavy atom. The summed E-state index contributed by atoms with van der Waals surface area (Å²) < 4.78 is 12.5. The molecule has 2 aliphatic rings. The number of nitrogen functional groups attached to an aromatic ring is 2. The summed E-state index contributed by atoms with van der Waals surface area (Å²) in [6.45, 7) is 5.93. The van der Waals surface area contributed by atoms with Crippen LogP contribution in [-0.4, -0.2) is 40.8 Å². The number of carbonyl (C=O) groups excluding carboxylic acids is 2. The average Bonchev–Trinajstić information content (AvgIpc) is 3.38. The van der Waals surface area contributed by atoms with Crippen molar-refractivity contribution in [3.8, 4) is 11.5 Å². The third-order valence-corrected chi connectivity index (χ3v) is 15.6. The molecule has 71 heavy (non-hydrogen) atoms. The van der Waals surface area contributed by atoms with Crippen LogP contribution < -0.4 is 20.9 Å². The van der Waals surface area contributed by atoms with E-state index in [-0.39, 0.29) is 25.0 Å². The topological polar surface area (TPSA) is 145 Å². The van der Waals surface area contributed by atoms with E-state index >= 15 is 0 Å². The van der Waals surface area contributed by atoms with Crippen LogP contribution in [0.4, 0.5) is 11.4 Å². The summed E-state index contributed by atoms with van der Waals surface area (Å²) in [5.74, 6) is 0.131. The van der Waals surface area contributed by atoms with E-state index in [0.717, 1.165) is 28.9 Å². The van der Waals surface area contributed by atoms with Crippen LogP contribution in [-0.2, 0) is 22.4 Å². The lowest BCUT2D eigenvalue weighted by molar-refractivity contribution is -0.230. The van der Waals surface area contributed by atoms with E-state index in [2.05, 4.69) is 13.8 Å². The first-order valence-corrected chi connectivity index (χ1v) is 27.5. The van der Waals surface area contributed by atoms with Crippen LogP contribution in [0.3, 0.4) is 0 Å². The Morgan fingerprint density at radius 3 is 1.31 bits per heavy atom. The van der Waals surface area contributed by atoms with E-state index < -0.39 is 17.0 Å². The highest BCUT2D eigenvalue weighted by atomic mass is 16.5. The fourth-order valence-electron chi connectivity index (χ4n) is 11.0. The van der Waals surface area contributed by atoms with Gasteiger partial charge in [0.25, 0.3) is 0 Å². The number of rotatable bonds is 30. The Hall–Kier alpha value is -5.18. The molecule has 4 aromatic rings. The van der Waals surface area contributed by atoms with Gasteiger partial charge in [-0.25, -0.2) is 0 Å². The summed E-state index contributed by atoms with van der Waals surface area (Å²) in [5.41, 5.74) is 14.4. The molecule has 2 aliphatic carbocycles. The van der Waals surface area contributed by atoms with E-state index in [4.69, 9.17) is 20.9 Å². The van der Waals surface area contributed by atoms with Crippen molar-refractivity contribution >= 4 is 35.1 Å².